The molecule has 5 nitrogen and oxygen atoms in total. The standard InChI is InChI=1S/C12H17N5/c1-8(9-3-4-9)16(2)12-11-14-5-6-17(11)7-10(13)15-12/h5-9H,3-4,13H2,1-2H3. The first-order valence-electron chi connectivity index (χ1n) is 5.99. The molecular weight excluding hydrogens is 214 g/mol. The van der Waals surface area contributed by atoms with E-state index >= 15 is 0 Å². The number of hydrogen-bond donors (Lipinski definition) is 1. The fourth-order valence-electron chi connectivity index (χ4n) is 2.26. The lowest BCUT2D eigenvalue weighted by molar-refractivity contribution is 0.604. The molecule has 1 aliphatic rings. The molecule has 90 valence electrons. The van der Waals surface area contributed by atoms with Crippen LogP contribution in [-0.2, 0) is 0 Å². The van der Waals surface area contributed by atoms with Crippen molar-refractivity contribution in [1.29, 1.82) is 0 Å². The first-order valence-corrected chi connectivity index (χ1v) is 5.99. The zero-order valence-electron chi connectivity index (χ0n) is 10.2. The number of nitrogens with zero attached hydrogens (tertiary/aromatic N) is 4. The summed E-state index contributed by atoms with van der Waals surface area (Å²) in [5, 5.41) is 0. The molecular formula is C12H17N5. The molecule has 1 fully saturated rings. The van der Waals surface area contributed by atoms with Crippen LogP contribution in [0.2, 0.25) is 0 Å². The summed E-state index contributed by atoms with van der Waals surface area (Å²) in [5.41, 5.74) is 6.70. The highest BCUT2D eigenvalue weighted by molar-refractivity contribution is 5.66. The third-order valence-electron chi connectivity index (χ3n) is 3.62. The van der Waals surface area contributed by atoms with Crippen molar-refractivity contribution in [2.24, 2.45) is 5.92 Å². The largest absolute Gasteiger partial charge is 0.382 e. The number of anilines is 2. The third kappa shape index (κ3) is 1.71. The van der Waals surface area contributed by atoms with Crippen molar-refractivity contribution < 1.29 is 0 Å². The van der Waals surface area contributed by atoms with Crippen molar-refractivity contribution in [2.75, 3.05) is 17.7 Å². The average Bonchev–Trinajstić information content (AvgIpc) is 3.05. The summed E-state index contributed by atoms with van der Waals surface area (Å²) in [4.78, 5) is 11.0. The van der Waals surface area contributed by atoms with Gasteiger partial charge in [-0.25, -0.2) is 9.97 Å². The molecule has 2 N–H and O–H groups in total. The van der Waals surface area contributed by atoms with Crippen LogP contribution in [0.5, 0.6) is 0 Å². The second-order valence-electron chi connectivity index (χ2n) is 4.84. The Morgan fingerprint density at radius 3 is 3.00 bits per heavy atom. The van der Waals surface area contributed by atoms with Crippen LogP contribution in [0.4, 0.5) is 11.6 Å². The maximum absolute atomic E-state index is 5.83. The first-order chi connectivity index (χ1) is 8.16. The molecule has 2 heterocycles. The van der Waals surface area contributed by atoms with Gasteiger partial charge in [-0.15, -0.1) is 0 Å². The number of hydrogen-bond acceptors (Lipinski definition) is 4. The molecule has 2 aromatic rings. The maximum atomic E-state index is 5.83. The van der Waals surface area contributed by atoms with Crippen molar-refractivity contribution in [1.82, 2.24) is 14.4 Å². The smallest absolute Gasteiger partial charge is 0.180 e. The molecule has 1 saturated carbocycles. The lowest BCUT2D eigenvalue weighted by atomic mass is 10.2. The number of fused-ring (bicyclic) bond motifs is 1. The Kier molecular flexibility index (Phi) is 2.21. The van der Waals surface area contributed by atoms with E-state index in [1.54, 1.807) is 12.4 Å². The average molecular weight is 231 g/mol. The Bertz CT molecular complexity index is 543. The number of rotatable bonds is 3. The zero-order valence-corrected chi connectivity index (χ0v) is 10.2. The van der Waals surface area contributed by atoms with Crippen molar-refractivity contribution in [3.05, 3.63) is 18.6 Å². The number of imidazole rings is 1. The SMILES string of the molecule is CC(C1CC1)N(C)c1nc(N)cn2ccnc12. The molecule has 1 unspecified atom stereocenters. The van der Waals surface area contributed by atoms with E-state index in [4.69, 9.17) is 5.73 Å². The van der Waals surface area contributed by atoms with Crippen molar-refractivity contribution >= 4 is 17.3 Å². The van der Waals surface area contributed by atoms with Crippen LogP contribution < -0.4 is 10.6 Å². The van der Waals surface area contributed by atoms with Crippen LogP contribution in [0.3, 0.4) is 0 Å². The van der Waals surface area contributed by atoms with Gasteiger partial charge < -0.3 is 15.0 Å². The van der Waals surface area contributed by atoms with E-state index < -0.39 is 0 Å². The summed E-state index contributed by atoms with van der Waals surface area (Å²) in [5.74, 6) is 2.19. The number of nitrogen functional groups attached to an aromatic ring is 1. The van der Waals surface area contributed by atoms with Crippen LogP contribution >= 0.6 is 0 Å². The van der Waals surface area contributed by atoms with Gasteiger partial charge in [0.05, 0.1) is 6.20 Å². The van der Waals surface area contributed by atoms with Gasteiger partial charge in [0.1, 0.15) is 5.82 Å². The Balaban J connectivity index is 2.05. The van der Waals surface area contributed by atoms with Gasteiger partial charge in [-0.2, -0.15) is 0 Å². The Morgan fingerprint density at radius 2 is 2.29 bits per heavy atom. The molecule has 0 spiro atoms. The Labute approximate surface area is 100 Å². The minimum atomic E-state index is 0.491. The van der Waals surface area contributed by atoms with Crippen molar-refractivity contribution in [3.8, 4) is 0 Å². The molecule has 3 rings (SSSR count). The molecule has 5 heteroatoms. The fourth-order valence-corrected chi connectivity index (χ4v) is 2.26. The van der Waals surface area contributed by atoms with Gasteiger partial charge >= 0.3 is 0 Å². The van der Waals surface area contributed by atoms with E-state index in [1.807, 2.05) is 10.6 Å². The Morgan fingerprint density at radius 1 is 1.53 bits per heavy atom. The molecule has 0 saturated heterocycles. The number of nitrogens with two attached hydrogens (primary N) is 1. The quantitative estimate of drug-likeness (QED) is 0.870. The minimum absolute atomic E-state index is 0.491. The van der Waals surface area contributed by atoms with E-state index in [0.29, 0.717) is 11.9 Å². The van der Waals surface area contributed by atoms with Crippen LogP contribution in [0.1, 0.15) is 19.8 Å². The van der Waals surface area contributed by atoms with E-state index in [0.717, 1.165) is 17.4 Å². The predicted octanol–water partition coefficient (Wildman–Crippen LogP) is 1.55. The van der Waals surface area contributed by atoms with E-state index in [-0.39, 0.29) is 0 Å². The van der Waals surface area contributed by atoms with Crippen molar-refractivity contribution in [3.63, 3.8) is 0 Å². The molecule has 17 heavy (non-hydrogen) atoms. The summed E-state index contributed by atoms with van der Waals surface area (Å²) in [7, 11) is 2.07. The highest BCUT2D eigenvalue weighted by Crippen LogP contribution is 2.36. The van der Waals surface area contributed by atoms with E-state index in [2.05, 4.69) is 28.8 Å². The van der Waals surface area contributed by atoms with Gasteiger partial charge in [0, 0.05) is 25.5 Å². The van der Waals surface area contributed by atoms with Crippen molar-refractivity contribution in [2.45, 2.75) is 25.8 Å². The van der Waals surface area contributed by atoms with Gasteiger partial charge in [0.15, 0.2) is 11.5 Å². The minimum Gasteiger partial charge on any atom is -0.382 e. The highest BCUT2D eigenvalue weighted by Gasteiger charge is 2.31. The molecule has 0 bridgehead atoms. The summed E-state index contributed by atoms with van der Waals surface area (Å²) < 4.78 is 1.92. The van der Waals surface area contributed by atoms with Gasteiger partial charge in [-0.3, -0.25) is 0 Å². The molecule has 0 aliphatic heterocycles. The van der Waals surface area contributed by atoms with Crippen LogP contribution in [0.15, 0.2) is 18.6 Å². The summed E-state index contributed by atoms with van der Waals surface area (Å²) in [6.07, 6.45) is 8.10. The Hall–Kier alpha value is -1.78. The third-order valence-corrected chi connectivity index (χ3v) is 3.62. The predicted molar refractivity (Wildman–Crippen MR) is 68.0 cm³/mol. The second kappa shape index (κ2) is 3.61. The van der Waals surface area contributed by atoms with Crippen LogP contribution in [0, 0.1) is 5.92 Å². The fraction of sp³-hybridized carbons (Fsp3) is 0.500. The maximum Gasteiger partial charge on any atom is 0.180 e. The second-order valence-corrected chi connectivity index (χ2v) is 4.84. The topological polar surface area (TPSA) is 59.5 Å². The van der Waals surface area contributed by atoms with E-state index in [1.165, 1.54) is 12.8 Å². The lowest BCUT2D eigenvalue weighted by Gasteiger charge is -2.26. The number of aromatic nitrogens is 3. The normalized spacial score (nSPS) is 17.3. The van der Waals surface area contributed by atoms with Gasteiger partial charge in [0.2, 0.25) is 0 Å². The monoisotopic (exact) mass is 231 g/mol. The highest BCUT2D eigenvalue weighted by atomic mass is 15.2. The molecule has 0 radical (unpaired) electrons. The summed E-state index contributed by atoms with van der Waals surface area (Å²) >= 11 is 0. The summed E-state index contributed by atoms with van der Waals surface area (Å²) in [6.45, 7) is 2.24. The molecule has 1 aliphatic carbocycles. The molecule has 0 aromatic carbocycles. The van der Waals surface area contributed by atoms with Crippen LogP contribution in [-0.4, -0.2) is 27.5 Å². The zero-order chi connectivity index (χ0) is 12.0. The summed E-state index contributed by atoms with van der Waals surface area (Å²) in [6, 6.07) is 0.491. The van der Waals surface area contributed by atoms with Gasteiger partial charge in [0.25, 0.3) is 0 Å². The first kappa shape index (κ1) is 10.4. The van der Waals surface area contributed by atoms with Crippen LogP contribution in [0.25, 0.3) is 5.65 Å². The van der Waals surface area contributed by atoms with E-state index in [9.17, 15) is 0 Å². The molecule has 2 aromatic heterocycles. The molecule has 0 amide bonds. The van der Waals surface area contributed by atoms with Gasteiger partial charge in [-0.1, -0.05) is 0 Å². The lowest BCUT2D eigenvalue weighted by Crippen LogP contribution is -2.32. The molecule has 1 atom stereocenters. The van der Waals surface area contributed by atoms with Gasteiger partial charge in [-0.05, 0) is 25.7 Å².